The number of pyridine rings is 1. The monoisotopic (exact) mass is 260 g/mol. The lowest BCUT2D eigenvalue weighted by Gasteiger charge is -2.29. The Kier molecular flexibility index (Phi) is 4.00. The minimum absolute atomic E-state index is 0.188. The number of hydrogen-bond donors (Lipinski definition) is 1. The smallest absolute Gasteiger partial charge is 0.0444 e. The second kappa shape index (κ2) is 5.51. The van der Waals surface area contributed by atoms with Crippen molar-refractivity contribution in [2.45, 2.75) is 18.8 Å². The fourth-order valence-corrected chi connectivity index (χ4v) is 2.49. The van der Waals surface area contributed by atoms with Crippen molar-refractivity contribution in [3.63, 3.8) is 0 Å². The number of aromatic nitrogens is 1. The first-order chi connectivity index (χ1) is 8.65. The molecule has 1 aromatic carbocycles. The minimum Gasteiger partial charge on any atom is -0.330 e. The molecule has 0 aliphatic carbocycles. The van der Waals surface area contributed by atoms with E-state index < -0.39 is 0 Å². The first-order valence-electron chi connectivity index (χ1n) is 6.01. The van der Waals surface area contributed by atoms with Gasteiger partial charge in [0.25, 0.3) is 0 Å². The van der Waals surface area contributed by atoms with Crippen LogP contribution in [0, 0.1) is 0 Å². The van der Waals surface area contributed by atoms with Gasteiger partial charge in [0.05, 0.1) is 0 Å². The number of hydrogen-bond acceptors (Lipinski definition) is 2. The second-order valence-electron chi connectivity index (χ2n) is 4.74. The summed E-state index contributed by atoms with van der Waals surface area (Å²) in [7, 11) is 0. The topological polar surface area (TPSA) is 38.9 Å². The van der Waals surface area contributed by atoms with Crippen molar-refractivity contribution in [3.05, 3.63) is 64.9 Å². The molecule has 94 valence electrons. The van der Waals surface area contributed by atoms with Crippen LogP contribution >= 0.6 is 11.6 Å². The Morgan fingerprint density at radius 2 is 1.89 bits per heavy atom. The SMILES string of the molecule is CC(CN)(Cc1ccccn1)c1ccccc1Cl. The van der Waals surface area contributed by atoms with Crippen molar-refractivity contribution < 1.29 is 0 Å². The van der Waals surface area contributed by atoms with E-state index in [9.17, 15) is 0 Å². The summed E-state index contributed by atoms with van der Waals surface area (Å²) in [6.07, 6.45) is 2.59. The highest BCUT2D eigenvalue weighted by molar-refractivity contribution is 6.31. The van der Waals surface area contributed by atoms with Crippen LogP contribution in [0.15, 0.2) is 48.7 Å². The maximum Gasteiger partial charge on any atom is 0.0444 e. The van der Waals surface area contributed by atoms with Gasteiger partial charge in [-0.15, -0.1) is 0 Å². The molecule has 1 unspecified atom stereocenters. The van der Waals surface area contributed by atoms with Crippen LogP contribution in [0.5, 0.6) is 0 Å². The molecule has 2 nitrogen and oxygen atoms in total. The average Bonchev–Trinajstić information content (AvgIpc) is 2.40. The second-order valence-corrected chi connectivity index (χ2v) is 5.15. The molecule has 2 aromatic rings. The molecule has 0 aliphatic rings. The summed E-state index contributed by atoms with van der Waals surface area (Å²) in [5.41, 5.74) is 7.90. The zero-order valence-electron chi connectivity index (χ0n) is 10.4. The number of benzene rings is 1. The van der Waals surface area contributed by atoms with Crippen LogP contribution in [-0.2, 0) is 11.8 Å². The zero-order chi connectivity index (χ0) is 13.0. The van der Waals surface area contributed by atoms with Gasteiger partial charge in [-0.25, -0.2) is 0 Å². The molecule has 0 aliphatic heterocycles. The Morgan fingerprint density at radius 3 is 2.50 bits per heavy atom. The highest BCUT2D eigenvalue weighted by atomic mass is 35.5. The van der Waals surface area contributed by atoms with Crippen molar-refractivity contribution in [3.8, 4) is 0 Å². The molecule has 0 radical (unpaired) electrons. The minimum atomic E-state index is -0.188. The number of nitrogens with zero attached hydrogens (tertiary/aromatic N) is 1. The van der Waals surface area contributed by atoms with Crippen LogP contribution in [0.1, 0.15) is 18.2 Å². The first kappa shape index (κ1) is 13.1. The molecular formula is C15H17ClN2. The fourth-order valence-electron chi connectivity index (χ4n) is 2.13. The van der Waals surface area contributed by atoms with E-state index in [-0.39, 0.29) is 5.41 Å². The van der Waals surface area contributed by atoms with Crippen LogP contribution in [-0.4, -0.2) is 11.5 Å². The van der Waals surface area contributed by atoms with Gasteiger partial charge in [-0.05, 0) is 23.8 Å². The molecule has 0 spiro atoms. The van der Waals surface area contributed by atoms with E-state index in [0.29, 0.717) is 6.54 Å². The Morgan fingerprint density at radius 1 is 1.17 bits per heavy atom. The molecule has 0 fully saturated rings. The average molecular weight is 261 g/mol. The van der Waals surface area contributed by atoms with Gasteiger partial charge in [0, 0.05) is 35.3 Å². The quantitative estimate of drug-likeness (QED) is 0.917. The molecular weight excluding hydrogens is 244 g/mol. The van der Waals surface area contributed by atoms with E-state index in [2.05, 4.69) is 11.9 Å². The molecule has 2 rings (SSSR count). The molecule has 0 bridgehead atoms. The van der Waals surface area contributed by atoms with Crippen molar-refractivity contribution in [1.82, 2.24) is 4.98 Å². The summed E-state index contributed by atoms with van der Waals surface area (Å²) < 4.78 is 0. The van der Waals surface area contributed by atoms with E-state index in [4.69, 9.17) is 17.3 Å². The van der Waals surface area contributed by atoms with Crippen LogP contribution < -0.4 is 5.73 Å². The molecule has 0 amide bonds. The highest BCUT2D eigenvalue weighted by Gasteiger charge is 2.27. The van der Waals surface area contributed by atoms with E-state index in [1.807, 2.05) is 42.5 Å². The Bertz CT molecular complexity index is 513. The zero-order valence-corrected chi connectivity index (χ0v) is 11.2. The van der Waals surface area contributed by atoms with Gasteiger partial charge in [0.15, 0.2) is 0 Å². The lowest BCUT2D eigenvalue weighted by Crippen LogP contribution is -2.34. The lowest BCUT2D eigenvalue weighted by molar-refractivity contribution is 0.475. The summed E-state index contributed by atoms with van der Waals surface area (Å²) >= 11 is 6.28. The Labute approximate surface area is 113 Å². The third kappa shape index (κ3) is 2.71. The normalized spacial score (nSPS) is 14.2. The van der Waals surface area contributed by atoms with Gasteiger partial charge in [0.2, 0.25) is 0 Å². The van der Waals surface area contributed by atoms with Gasteiger partial charge in [0.1, 0.15) is 0 Å². The van der Waals surface area contributed by atoms with E-state index in [0.717, 1.165) is 22.7 Å². The molecule has 1 aromatic heterocycles. The van der Waals surface area contributed by atoms with Crippen LogP contribution in [0.25, 0.3) is 0 Å². The van der Waals surface area contributed by atoms with Gasteiger partial charge in [-0.2, -0.15) is 0 Å². The summed E-state index contributed by atoms with van der Waals surface area (Å²) in [6, 6.07) is 13.8. The van der Waals surface area contributed by atoms with Gasteiger partial charge >= 0.3 is 0 Å². The lowest BCUT2D eigenvalue weighted by atomic mass is 9.78. The predicted octanol–water partition coefficient (Wildman–Crippen LogP) is 3.19. The summed E-state index contributed by atoms with van der Waals surface area (Å²) in [5, 5.41) is 0.765. The van der Waals surface area contributed by atoms with E-state index >= 15 is 0 Å². The molecule has 18 heavy (non-hydrogen) atoms. The first-order valence-corrected chi connectivity index (χ1v) is 6.38. The number of rotatable bonds is 4. The molecule has 2 N–H and O–H groups in total. The molecule has 1 heterocycles. The fraction of sp³-hybridized carbons (Fsp3) is 0.267. The van der Waals surface area contributed by atoms with Crippen LogP contribution in [0.3, 0.4) is 0 Å². The van der Waals surface area contributed by atoms with Crippen molar-refractivity contribution in [2.75, 3.05) is 6.54 Å². The maximum atomic E-state index is 6.28. The van der Waals surface area contributed by atoms with Gasteiger partial charge < -0.3 is 5.73 Å². The molecule has 3 heteroatoms. The van der Waals surface area contributed by atoms with E-state index in [1.165, 1.54) is 0 Å². The summed E-state index contributed by atoms with van der Waals surface area (Å²) in [4.78, 5) is 4.37. The van der Waals surface area contributed by atoms with E-state index in [1.54, 1.807) is 6.20 Å². The van der Waals surface area contributed by atoms with Crippen molar-refractivity contribution in [2.24, 2.45) is 5.73 Å². The predicted molar refractivity (Wildman–Crippen MR) is 75.8 cm³/mol. The molecule has 1 atom stereocenters. The third-order valence-electron chi connectivity index (χ3n) is 3.27. The van der Waals surface area contributed by atoms with Crippen molar-refractivity contribution in [1.29, 1.82) is 0 Å². The van der Waals surface area contributed by atoms with Gasteiger partial charge in [-0.1, -0.05) is 42.8 Å². The van der Waals surface area contributed by atoms with Crippen LogP contribution in [0.4, 0.5) is 0 Å². The Balaban J connectivity index is 2.34. The van der Waals surface area contributed by atoms with Crippen molar-refractivity contribution >= 4 is 11.6 Å². The highest BCUT2D eigenvalue weighted by Crippen LogP contribution is 2.31. The summed E-state index contributed by atoms with van der Waals surface area (Å²) in [6.45, 7) is 2.66. The largest absolute Gasteiger partial charge is 0.330 e. The Hall–Kier alpha value is -1.38. The standard InChI is InChI=1S/C15H17ClN2/c1-15(11-17,10-12-6-4-5-9-18-12)13-7-2-3-8-14(13)16/h2-9H,10-11,17H2,1H3. The van der Waals surface area contributed by atoms with Gasteiger partial charge in [-0.3, -0.25) is 4.98 Å². The molecule has 0 saturated heterocycles. The third-order valence-corrected chi connectivity index (χ3v) is 3.60. The number of nitrogens with two attached hydrogens (primary N) is 1. The number of halogens is 1. The van der Waals surface area contributed by atoms with Crippen LogP contribution in [0.2, 0.25) is 5.02 Å². The maximum absolute atomic E-state index is 6.28. The molecule has 0 saturated carbocycles. The summed E-state index contributed by atoms with van der Waals surface area (Å²) in [5.74, 6) is 0.